The van der Waals surface area contributed by atoms with Crippen molar-refractivity contribution < 1.29 is 13.9 Å². The largest absolute Gasteiger partial charge is 0.505 e. The molecule has 3 N–H and O–H groups in total. The third-order valence-corrected chi connectivity index (χ3v) is 1.92. The highest BCUT2D eigenvalue weighted by Crippen LogP contribution is 2.28. The van der Waals surface area contributed by atoms with Gasteiger partial charge in [0.15, 0.2) is 11.6 Å². The fourth-order valence-electron chi connectivity index (χ4n) is 1.16. The van der Waals surface area contributed by atoms with Crippen LogP contribution in [0.2, 0.25) is 0 Å². The molecule has 5 heteroatoms. The lowest BCUT2D eigenvalue weighted by Gasteiger charge is -2.11. The Morgan fingerprint density at radius 1 is 1.47 bits per heavy atom. The maximum absolute atomic E-state index is 12.9. The maximum atomic E-state index is 12.9. The Kier molecular flexibility index (Phi) is 5.25. The van der Waals surface area contributed by atoms with E-state index in [1.807, 2.05) is 0 Å². The van der Waals surface area contributed by atoms with Crippen LogP contribution in [-0.4, -0.2) is 5.11 Å². The standard InChI is InChI=1S/C10H11F2NO.ClH/c1-2-3-8(13)6-4-5-7(11)9(12)10(6)14;/h2,4-5,8,14H,1,3,13H2;1H/t8-;/m0./s1. The van der Waals surface area contributed by atoms with Crippen LogP contribution in [0.1, 0.15) is 18.0 Å². The molecule has 0 spiro atoms. The molecule has 0 saturated carbocycles. The van der Waals surface area contributed by atoms with E-state index in [1.54, 1.807) is 6.08 Å². The van der Waals surface area contributed by atoms with Gasteiger partial charge >= 0.3 is 0 Å². The van der Waals surface area contributed by atoms with Crippen molar-refractivity contribution in [3.8, 4) is 5.75 Å². The minimum absolute atomic E-state index is 0. The topological polar surface area (TPSA) is 46.2 Å². The molecule has 0 aliphatic heterocycles. The van der Waals surface area contributed by atoms with Crippen LogP contribution >= 0.6 is 12.4 Å². The van der Waals surface area contributed by atoms with Gasteiger partial charge in [0.05, 0.1) is 0 Å². The number of hydrogen-bond acceptors (Lipinski definition) is 2. The molecule has 0 fully saturated rings. The molecule has 0 aliphatic rings. The van der Waals surface area contributed by atoms with Crippen molar-refractivity contribution in [3.05, 3.63) is 42.0 Å². The van der Waals surface area contributed by atoms with Crippen molar-refractivity contribution >= 4 is 12.4 Å². The van der Waals surface area contributed by atoms with Gasteiger partial charge in [0.25, 0.3) is 0 Å². The third kappa shape index (κ3) is 2.91. The van der Waals surface area contributed by atoms with Gasteiger partial charge in [0.1, 0.15) is 0 Å². The van der Waals surface area contributed by atoms with Gasteiger partial charge in [-0.3, -0.25) is 0 Å². The summed E-state index contributed by atoms with van der Waals surface area (Å²) in [6, 6.07) is 1.64. The normalized spacial score (nSPS) is 11.7. The number of phenolic OH excluding ortho intramolecular Hbond substituents is 1. The maximum Gasteiger partial charge on any atom is 0.200 e. The molecule has 2 nitrogen and oxygen atoms in total. The Balaban J connectivity index is 0.00000196. The van der Waals surface area contributed by atoms with E-state index in [0.29, 0.717) is 6.42 Å². The molecule has 0 radical (unpaired) electrons. The summed E-state index contributed by atoms with van der Waals surface area (Å²) in [5.74, 6) is -3.07. The first-order chi connectivity index (χ1) is 6.57. The van der Waals surface area contributed by atoms with Crippen LogP contribution in [-0.2, 0) is 0 Å². The summed E-state index contributed by atoms with van der Waals surface area (Å²) < 4.78 is 25.5. The van der Waals surface area contributed by atoms with Crippen molar-refractivity contribution in [3.63, 3.8) is 0 Å². The van der Waals surface area contributed by atoms with E-state index < -0.39 is 23.4 Å². The van der Waals surface area contributed by atoms with E-state index in [2.05, 4.69) is 6.58 Å². The molecule has 0 aromatic heterocycles. The van der Waals surface area contributed by atoms with Crippen LogP contribution < -0.4 is 5.73 Å². The van der Waals surface area contributed by atoms with Gasteiger partial charge in [-0.15, -0.1) is 19.0 Å². The highest BCUT2D eigenvalue weighted by Gasteiger charge is 2.16. The van der Waals surface area contributed by atoms with Crippen molar-refractivity contribution in [1.82, 2.24) is 0 Å². The quantitative estimate of drug-likeness (QED) is 0.792. The summed E-state index contributed by atoms with van der Waals surface area (Å²) in [7, 11) is 0. The number of benzene rings is 1. The second-order valence-electron chi connectivity index (χ2n) is 2.93. The number of phenols is 1. The molecule has 1 rings (SSSR count). The minimum Gasteiger partial charge on any atom is -0.505 e. The van der Waals surface area contributed by atoms with Gasteiger partial charge in [-0.2, -0.15) is 4.39 Å². The highest BCUT2D eigenvalue weighted by atomic mass is 35.5. The Morgan fingerprint density at radius 2 is 2.07 bits per heavy atom. The Labute approximate surface area is 92.8 Å². The second-order valence-corrected chi connectivity index (χ2v) is 2.93. The van der Waals surface area contributed by atoms with Gasteiger partial charge in [-0.05, 0) is 12.5 Å². The zero-order valence-corrected chi connectivity index (χ0v) is 8.73. The zero-order valence-electron chi connectivity index (χ0n) is 7.91. The molecule has 0 amide bonds. The predicted octanol–water partition coefficient (Wildman–Crippen LogP) is 2.67. The summed E-state index contributed by atoms with van der Waals surface area (Å²) in [5, 5.41) is 9.25. The molecule has 0 saturated heterocycles. The summed E-state index contributed by atoms with van der Waals surface area (Å²) in [6.07, 6.45) is 1.93. The Bertz CT molecular complexity index is 358. The van der Waals surface area contributed by atoms with Crippen molar-refractivity contribution in [2.75, 3.05) is 0 Å². The summed E-state index contributed by atoms with van der Waals surface area (Å²) >= 11 is 0. The predicted molar refractivity (Wildman–Crippen MR) is 57.0 cm³/mol. The Morgan fingerprint density at radius 3 is 2.60 bits per heavy atom. The van der Waals surface area contributed by atoms with Gasteiger partial charge in [0, 0.05) is 11.6 Å². The third-order valence-electron chi connectivity index (χ3n) is 1.92. The van der Waals surface area contributed by atoms with Gasteiger partial charge in [0.2, 0.25) is 5.82 Å². The van der Waals surface area contributed by atoms with Crippen LogP contribution in [0.4, 0.5) is 8.78 Å². The highest BCUT2D eigenvalue weighted by molar-refractivity contribution is 5.85. The van der Waals surface area contributed by atoms with E-state index in [1.165, 1.54) is 6.07 Å². The molecular formula is C10H12ClF2NO. The number of nitrogens with two attached hydrogens (primary N) is 1. The second kappa shape index (κ2) is 5.68. The van der Waals surface area contributed by atoms with Crippen LogP contribution in [0.15, 0.2) is 24.8 Å². The lowest BCUT2D eigenvalue weighted by molar-refractivity contribution is 0.397. The monoisotopic (exact) mass is 235 g/mol. The first-order valence-corrected chi connectivity index (χ1v) is 4.11. The number of halogens is 3. The molecule has 84 valence electrons. The van der Waals surface area contributed by atoms with Crippen LogP contribution in [0, 0.1) is 11.6 Å². The van der Waals surface area contributed by atoms with Crippen LogP contribution in [0.3, 0.4) is 0 Å². The molecule has 0 aliphatic carbocycles. The fraction of sp³-hybridized carbons (Fsp3) is 0.200. The van der Waals surface area contributed by atoms with E-state index in [4.69, 9.17) is 5.73 Å². The lowest BCUT2D eigenvalue weighted by Crippen LogP contribution is -2.10. The summed E-state index contributed by atoms with van der Waals surface area (Å²) in [5.41, 5.74) is 5.79. The fourth-order valence-corrected chi connectivity index (χ4v) is 1.16. The number of rotatable bonds is 3. The smallest absolute Gasteiger partial charge is 0.200 e. The average molecular weight is 236 g/mol. The molecular weight excluding hydrogens is 224 g/mol. The van der Waals surface area contributed by atoms with E-state index in [-0.39, 0.29) is 18.0 Å². The summed E-state index contributed by atoms with van der Waals surface area (Å²) in [4.78, 5) is 0. The summed E-state index contributed by atoms with van der Waals surface area (Å²) in [6.45, 7) is 3.47. The van der Waals surface area contributed by atoms with Crippen LogP contribution in [0.5, 0.6) is 5.75 Å². The van der Waals surface area contributed by atoms with E-state index >= 15 is 0 Å². The van der Waals surface area contributed by atoms with Gasteiger partial charge in [-0.1, -0.05) is 12.1 Å². The molecule has 1 aromatic rings. The van der Waals surface area contributed by atoms with E-state index in [0.717, 1.165) is 6.07 Å². The average Bonchev–Trinajstić information content (AvgIpc) is 2.15. The molecule has 1 atom stereocenters. The zero-order chi connectivity index (χ0) is 10.7. The van der Waals surface area contributed by atoms with Crippen LogP contribution in [0.25, 0.3) is 0 Å². The van der Waals surface area contributed by atoms with Crippen molar-refractivity contribution in [2.45, 2.75) is 12.5 Å². The number of aromatic hydroxyl groups is 1. The van der Waals surface area contributed by atoms with Crippen molar-refractivity contribution in [2.24, 2.45) is 5.73 Å². The van der Waals surface area contributed by atoms with E-state index in [9.17, 15) is 13.9 Å². The minimum atomic E-state index is -1.26. The molecule has 1 aromatic carbocycles. The molecule has 15 heavy (non-hydrogen) atoms. The molecule has 0 bridgehead atoms. The van der Waals surface area contributed by atoms with Gasteiger partial charge in [-0.25, -0.2) is 4.39 Å². The van der Waals surface area contributed by atoms with Crippen molar-refractivity contribution in [1.29, 1.82) is 0 Å². The molecule has 0 heterocycles. The SMILES string of the molecule is C=CC[C@H](N)c1ccc(F)c(F)c1O.Cl. The molecule has 0 unspecified atom stereocenters. The van der Waals surface area contributed by atoms with Gasteiger partial charge < -0.3 is 10.8 Å². The Hall–Kier alpha value is -1.13. The number of hydrogen-bond donors (Lipinski definition) is 2. The lowest BCUT2D eigenvalue weighted by atomic mass is 10.0. The first-order valence-electron chi connectivity index (χ1n) is 4.11. The first kappa shape index (κ1) is 13.9.